The number of hydrogen-bond acceptors (Lipinski definition) is 4. The van der Waals surface area contributed by atoms with Crippen molar-refractivity contribution < 1.29 is 24.9 Å². The summed E-state index contributed by atoms with van der Waals surface area (Å²) in [6.07, 6.45) is 4.52. The highest BCUT2D eigenvalue weighted by atomic mass is 16.5. The molecule has 3 N–H and O–H groups in total. The summed E-state index contributed by atoms with van der Waals surface area (Å²) in [4.78, 5) is 10.7. The van der Waals surface area contributed by atoms with Gasteiger partial charge in [-0.3, -0.25) is 4.79 Å². The standard InChI is InChI=1S/C31H44O5/c1-8-31(9-2,24-12-10-23(21(3)18-24)11-16-28(33)30(5,6)7)25-13-15-27(22(4)19-25)36-20-26(32)14-17-29(34)35/h10-13,15-16,18-19,26,28,32-33H,8-9,14,17,20H2,1-7H3,(H,34,35)/b16-11+. The Kier molecular flexibility index (Phi) is 10.3. The second kappa shape index (κ2) is 12.6. The van der Waals surface area contributed by atoms with E-state index in [9.17, 15) is 15.0 Å². The molecule has 198 valence electrons. The van der Waals surface area contributed by atoms with Gasteiger partial charge in [0.25, 0.3) is 0 Å². The first-order valence-corrected chi connectivity index (χ1v) is 12.9. The highest BCUT2D eigenvalue weighted by Crippen LogP contribution is 2.41. The van der Waals surface area contributed by atoms with Crippen LogP contribution < -0.4 is 4.74 Å². The lowest BCUT2D eigenvalue weighted by atomic mass is 9.70. The van der Waals surface area contributed by atoms with E-state index in [1.807, 2.05) is 45.9 Å². The zero-order valence-electron chi connectivity index (χ0n) is 23.0. The van der Waals surface area contributed by atoms with Crippen molar-refractivity contribution in [1.82, 2.24) is 0 Å². The summed E-state index contributed by atoms with van der Waals surface area (Å²) >= 11 is 0. The minimum absolute atomic E-state index is 0.0677. The van der Waals surface area contributed by atoms with Gasteiger partial charge in [-0.2, -0.15) is 0 Å². The van der Waals surface area contributed by atoms with Crippen LogP contribution >= 0.6 is 0 Å². The average molecular weight is 497 g/mol. The van der Waals surface area contributed by atoms with E-state index in [1.165, 1.54) is 16.7 Å². The van der Waals surface area contributed by atoms with Crippen molar-refractivity contribution in [2.45, 2.75) is 91.8 Å². The smallest absolute Gasteiger partial charge is 0.303 e. The number of aryl methyl sites for hydroxylation is 2. The fourth-order valence-corrected chi connectivity index (χ4v) is 4.55. The highest BCUT2D eigenvalue weighted by Gasteiger charge is 2.31. The third-order valence-corrected chi connectivity index (χ3v) is 7.23. The Balaban J connectivity index is 2.29. The molecule has 0 aliphatic carbocycles. The van der Waals surface area contributed by atoms with Gasteiger partial charge in [0.15, 0.2) is 0 Å². The molecule has 0 aromatic heterocycles. The van der Waals surface area contributed by atoms with Gasteiger partial charge in [0.1, 0.15) is 12.4 Å². The van der Waals surface area contributed by atoms with Crippen LogP contribution in [-0.4, -0.2) is 40.1 Å². The van der Waals surface area contributed by atoms with Crippen molar-refractivity contribution in [2.75, 3.05) is 6.61 Å². The molecule has 0 saturated carbocycles. The van der Waals surface area contributed by atoms with Crippen LogP contribution in [-0.2, 0) is 10.2 Å². The third kappa shape index (κ3) is 7.44. The van der Waals surface area contributed by atoms with Crippen molar-refractivity contribution in [3.63, 3.8) is 0 Å². The Hall–Kier alpha value is -2.63. The lowest BCUT2D eigenvalue weighted by Gasteiger charge is -2.34. The number of carbonyl (C=O) groups is 1. The van der Waals surface area contributed by atoms with Gasteiger partial charge in [0, 0.05) is 11.8 Å². The summed E-state index contributed by atoms with van der Waals surface area (Å²) in [7, 11) is 0. The van der Waals surface area contributed by atoms with Crippen LogP contribution in [0.3, 0.4) is 0 Å². The normalized spacial score (nSPS) is 14.1. The molecule has 0 saturated heterocycles. The van der Waals surface area contributed by atoms with Crippen LogP contribution in [0.15, 0.2) is 42.5 Å². The molecular weight excluding hydrogens is 452 g/mol. The molecule has 0 spiro atoms. The molecule has 2 aromatic rings. The Labute approximate surface area is 216 Å². The number of benzene rings is 2. The second-order valence-corrected chi connectivity index (χ2v) is 10.9. The number of rotatable bonds is 12. The van der Waals surface area contributed by atoms with E-state index in [2.05, 4.69) is 51.1 Å². The molecule has 2 atom stereocenters. The summed E-state index contributed by atoms with van der Waals surface area (Å²) in [5.74, 6) is -0.227. The summed E-state index contributed by atoms with van der Waals surface area (Å²) in [5.41, 5.74) is 5.38. The van der Waals surface area contributed by atoms with Gasteiger partial charge in [-0.1, -0.05) is 77.1 Å². The first kappa shape index (κ1) is 29.6. The number of hydrogen-bond donors (Lipinski definition) is 3. The van der Waals surface area contributed by atoms with Gasteiger partial charge in [0.2, 0.25) is 0 Å². The molecule has 0 fully saturated rings. The summed E-state index contributed by atoms with van der Waals surface area (Å²) in [5, 5.41) is 29.2. The largest absolute Gasteiger partial charge is 0.491 e. The maximum absolute atomic E-state index is 10.7. The first-order chi connectivity index (χ1) is 16.8. The van der Waals surface area contributed by atoms with E-state index >= 15 is 0 Å². The van der Waals surface area contributed by atoms with Crippen LogP contribution in [0.25, 0.3) is 6.08 Å². The van der Waals surface area contributed by atoms with E-state index in [-0.39, 0.29) is 30.3 Å². The van der Waals surface area contributed by atoms with Crippen LogP contribution in [0.1, 0.15) is 88.1 Å². The zero-order valence-corrected chi connectivity index (χ0v) is 23.0. The van der Waals surface area contributed by atoms with Gasteiger partial charge >= 0.3 is 5.97 Å². The number of carboxylic acids is 1. The fraction of sp³-hybridized carbons (Fsp3) is 0.516. The molecule has 0 amide bonds. The maximum Gasteiger partial charge on any atom is 0.303 e. The minimum Gasteiger partial charge on any atom is -0.491 e. The van der Waals surface area contributed by atoms with Gasteiger partial charge in [-0.15, -0.1) is 0 Å². The van der Waals surface area contributed by atoms with Crippen molar-refractivity contribution in [3.8, 4) is 5.75 Å². The number of aliphatic hydroxyl groups is 2. The highest BCUT2D eigenvalue weighted by molar-refractivity contribution is 5.66. The number of carboxylic acid groups (broad SMARTS) is 1. The SMILES string of the molecule is CCC(CC)(c1ccc(/C=C/C(O)C(C)(C)C)c(C)c1)c1ccc(OCC(O)CCC(=O)O)c(C)c1. The number of aliphatic hydroxyl groups excluding tert-OH is 2. The monoisotopic (exact) mass is 496 g/mol. The second-order valence-electron chi connectivity index (χ2n) is 10.9. The van der Waals surface area contributed by atoms with Gasteiger partial charge in [-0.05, 0) is 72.4 Å². The molecule has 0 aliphatic rings. The molecule has 2 rings (SSSR count). The molecule has 5 nitrogen and oxygen atoms in total. The van der Waals surface area contributed by atoms with E-state index in [0.29, 0.717) is 5.75 Å². The predicted molar refractivity (Wildman–Crippen MR) is 147 cm³/mol. The van der Waals surface area contributed by atoms with Crippen LogP contribution in [0.4, 0.5) is 0 Å². The summed E-state index contributed by atoms with van der Waals surface area (Å²) < 4.78 is 5.81. The minimum atomic E-state index is -0.924. The molecule has 36 heavy (non-hydrogen) atoms. The van der Waals surface area contributed by atoms with E-state index in [1.54, 1.807) is 0 Å². The lowest BCUT2D eigenvalue weighted by Crippen LogP contribution is -2.26. The molecule has 0 radical (unpaired) electrons. The van der Waals surface area contributed by atoms with Crippen LogP contribution in [0.2, 0.25) is 0 Å². The Morgan fingerprint density at radius 3 is 2.06 bits per heavy atom. The first-order valence-electron chi connectivity index (χ1n) is 12.9. The van der Waals surface area contributed by atoms with E-state index in [4.69, 9.17) is 9.84 Å². The van der Waals surface area contributed by atoms with E-state index in [0.717, 1.165) is 24.0 Å². The Morgan fingerprint density at radius 1 is 0.972 bits per heavy atom. The molecular formula is C31H44O5. The number of aliphatic carboxylic acids is 1. The molecule has 0 aliphatic heterocycles. The fourth-order valence-electron chi connectivity index (χ4n) is 4.55. The Bertz CT molecular complexity index is 1040. The van der Waals surface area contributed by atoms with Crippen LogP contribution in [0, 0.1) is 19.3 Å². The molecule has 2 unspecified atom stereocenters. The number of ether oxygens (including phenoxy) is 1. The van der Waals surface area contributed by atoms with Crippen molar-refractivity contribution in [3.05, 3.63) is 70.3 Å². The van der Waals surface area contributed by atoms with Gasteiger partial charge < -0.3 is 20.1 Å². The quantitative estimate of drug-likeness (QED) is 0.315. The predicted octanol–water partition coefficient (Wildman–Crippen LogP) is 6.43. The van der Waals surface area contributed by atoms with Gasteiger partial charge in [0.05, 0.1) is 12.2 Å². The summed E-state index contributed by atoms with van der Waals surface area (Å²) in [6.45, 7) is 14.7. The zero-order chi connectivity index (χ0) is 27.1. The maximum atomic E-state index is 10.7. The summed E-state index contributed by atoms with van der Waals surface area (Å²) in [6, 6.07) is 12.8. The third-order valence-electron chi connectivity index (χ3n) is 7.23. The van der Waals surface area contributed by atoms with Crippen molar-refractivity contribution in [2.24, 2.45) is 5.41 Å². The topological polar surface area (TPSA) is 87.0 Å². The van der Waals surface area contributed by atoms with Crippen molar-refractivity contribution >= 4 is 12.0 Å². The lowest BCUT2D eigenvalue weighted by molar-refractivity contribution is -0.137. The molecule has 0 heterocycles. The molecule has 5 heteroatoms. The average Bonchev–Trinajstić information content (AvgIpc) is 2.82. The molecule has 0 bridgehead atoms. The Morgan fingerprint density at radius 2 is 1.56 bits per heavy atom. The van der Waals surface area contributed by atoms with Crippen LogP contribution in [0.5, 0.6) is 5.75 Å². The van der Waals surface area contributed by atoms with Crippen molar-refractivity contribution in [1.29, 1.82) is 0 Å². The van der Waals surface area contributed by atoms with Gasteiger partial charge in [-0.25, -0.2) is 0 Å². The van der Waals surface area contributed by atoms with E-state index < -0.39 is 18.2 Å². The molecule has 2 aromatic carbocycles.